The zero-order valence-corrected chi connectivity index (χ0v) is 12.4. The highest BCUT2D eigenvalue weighted by molar-refractivity contribution is 7.13. The molecule has 1 unspecified atom stereocenters. The lowest BCUT2D eigenvalue weighted by atomic mass is 10.2. The number of thiophene rings is 1. The summed E-state index contributed by atoms with van der Waals surface area (Å²) < 4.78 is 0. The topological polar surface area (TPSA) is 43.8 Å². The molecule has 0 radical (unpaired) electrons. The molecule has 0 bridgehead atoms. The van der Waals surface area contributed by atoms with Gasteiger partial charge in [0.1, 0.15) is 4.88 Å². The van der Waals surface area contributed by atoms with Crippen molar-refractivity contribution in [1.29, 1.82) is 0 Å². The Hall–Kier alpha value is -0.910. The minimum Gasteiger partial charge on any atom is -0.477 e. The quantitative estimate of drug-likeness (QED) is 0.870. The molecule has 1 aliphatic heterocycles. The third-order valence-corrected chi connectivity index (χ3v) is 4.89. The summed E-state index contributed by atoms with van der Waals surface area (Å²) in [6, 6.07) is 4.31. The first-order chi connectivity index (χ1) is 9.13. The number of carbonyl (C=O) groups is 1. The van der Waals surface area contributed by atoms with E-state index < -0.39 is 5.97 Å². The normalized spacial score (nSPS) is 20.3. The van der Waals surface area contributed by atoms with Gasteiger partial charge in [-0.15, -0.1) is 11.3 Å². The van der Waals surface area contributed by atoms with Crippen LogP contribution in [-0.2, 0) is 6.54 Å². The summed E-state index contributed by atoms with van der Waals surface area (Å²) in [5.74, 6) is -0.821. The van der Waals surface area contributed by atoms with Gasteiger partial charge in [0.05, 0.1) is 0 Å². The summed E-state index contributed by atoms with van der Waals surface area (Å²) in [5.41, 5.74) is 0. The van der Waals surface area contributed by atoms with E-state index in [1.807, 2.05) is 6.07 Å². The molecule has 1 aromatic rings. The van der Waals surface area contributed by atoms with Crippen molar-refractivity contribution in [3.05, 3.63) is 21.9 Å². The molecule has 1 atom stereocenters. The van der Waals surface area contributed by atoms with Crippen LogP contribution in [0.1, 0.15) is 34.8 Å². The predicted octanol–water partition coefficient (Wildman–Crippen LogP) is 2.36. The van der Waals surface area contributed by atoms with Crippen LogP contribution in [0.3, 0.4) is 0 Å². The van der Waals surface area contributed by atoms with Gasteiger partial charge in [-0.2, -0.15) is 0 Å². The van der Waals surface area contributed by atoms with Gasteiger partial charge in [-0.1, -0.05) is 13.8 Å². The SMILES string of the molecule is CCN(CC)C1CCN(Cc2ccc(C(=O)O)s2)C1. The standard InChI is InChI=1S/C14H22N2O2S/c1-3-16(4-2)11-7-8-15(9-11)10-12-5-6-13(19-12)14(17)18/h5-6,11H,3-4,7-10H2,1-2H3,(H,17,18). The van der Waals surface area contributed by atoms with Crippen LogP contribution in [0.4, 0.5) is 0 Å². The van der Waals surface area contributed by atoms with Crippen molar-refractivity contribution in [3.8, 4) is 0 Å². The number of rotatable bonds is 6. The van der Waals surface area contributed by atoms with Crippen LogP contribution in [0.15, 0.2) is 12.1 Å². The van der Waals surface area contributed by atoms with E-state index in [-0.39, 0.29) is 0 Å². The van der Waals surface area contributed by atoms with Gasteiger partial charge in [0, 0.05) is 30.6 Å². The summed E-state index contributed by atoms with van der Waals surface area (Å²) in [4.78, 5) is 17.4. The van der Waals surface area contributed by atoms with E-state index >= 15 is 0 Å². The molecular formula is C14H22N2O2S. The Kier molecular flexibility index (Phi) is 4.96. The lowest BCUT2D eigenvalue weighted by Gasteiger charge is -2.26. The molecule has 0 aliphatic carbocycles. The van der Waals surface area contributed by atoms with Gasteiger partial charge in [0.15, 0.2) is 0 Å². The van der Waals surface area contributed by atoms with E-state index in [0.29, 0.717) is 10.9 Å². The summed E-state index contributed by atoms with van der Waals surface area (Å²) in [6.07, 6.45) is 1.22. The highest BCUT2D eigenvalue weighted by Crippen LogP contribution is 2.22. The monoisotopic (exact) mass is 282 g/mol. The number of likely N-dealkylation sites (tertiary alicyclic amines) is 1. The van der Waals surface area contributed by atoms with Gasteiger partial charge in [-0.05, 0) is 31.6 Å². The maximum absolute atomic E-state index is 10.9. The van der Waals surface area contributed by atoms with E-state index in [9.17, 15) is 4.79 Å². The first-order valence-electron chi connectivity index (χ1n) is 6.92. The van der Waals surface area contributed by atoms with Crippen LogP contribution in [0.25, 0.3) is 0 Å². The smallest absolute Gasteiger partial charge is 0.345 e. The Bertz CT molecular complexity index is 429. The van der Waals surface area contributed by atoms with Gasteiger partial charge in [-0.25, -0.2) is 4.79 Å². The first kappa shape index (κ1) is 14.5. The Morgan fingerprint density at radius 2 is 2.21 bits per heavy atom. The fraction of sp³-hybridized carbons (Fsp3) is 0.643. The Labute approximate surface area is 118 Å². The first-order valence-corrected chi connectivity index (χ1v) is 7.74. The van der Waals surface area contributed by atoms with Crippen molar-refractivity contribution in [2.45, 2.75) is 32.9 Å². The van der Waals surface area contributed by atoms with E-state index in [4.69, 9.17) is 5.11 Å². The molecule has 1 fully saturated rings. The molecular weight excluding hydrogens is 260 g/mol. The van der Waals surface area contributed by atoms with Crippen LogP contribution in [-0.4, -0.2) is 53.1 Å². The Morgan fingerprint density at radius 1 is 1.47 bits per heavy atom. The van der Waals surface area contributed by atoms with Gasteiger partial charge >= 0.3 is 5.97 Å². The predicted molar refractivity (Wildman–Crippen MR) is 77.9 cm³/mol. The third-order valence-electron chi connectivity index (χ3n) is 3.83. The number of hydrogen-bond acceptors (Lipinski definition) is 4. The van der Waals surface area contributed by atoms with Gasteiger partial charge in [0.25, 0.3) is 0 Å². The second kappa shape index (κ2) is 6.50. The van der Waals surface area contributed by atoms with Crippen molar-refractivity contribution >= 4 is 17.3 Å². The second-order valence-electron chi connectivity index (χ2n) is 4.97. The van der Waals surface area contributed by atoms with Crippen molar-refractivity contribution in [3.63, 3.8) is 0 Å². The molecule has 1 aromatic heterocycles. The molecule has 2 heterocycles. The molecule has 0 amide bonds. The average Bonchev–Trinajstić information content (AvgIpc) is 3.01. The molecule has 5 heteroatoms. The number of aromatic carboxylic acids is 1. The number of carboxylic acids is 1. The van der Waals surface area contributed by atoms with E-state index in [1.165, 1.54) is 17.8 Å². The highest BCUT2D eigenvalue weighted by atomic mass is 32.1. The average molecular weight is 282 g/mol. The Balaban J connectivity index is 1.89. The van der Waals surface area contributed by atoms with E-state index in [2.05, 4.69) is 23.6 Å². The van der Waals surface area contributed by atoms with E-state index in [1.54, 1.807) is 6.07 Å². The molecule has 4 nitrogen and oxygen atoms in total. The van der Waals surface area contributed by atoms with Crippen molar-refractivity contribution in [2.24, 2.45) is 0 Å². The lowest BCUT2D eigenvalue weighted by Crippen LogP contribution is -2.37. The molecule has 1 aliphatic rings. The maximum atomic E-state index is 10.9. The number of carboxylic acid groups (broad SMARTS) is 1. The van der Waals surface area contributed by atoms with Gasteiger partial charge < -0.3 is 5.11 Å². The molecule has 2 rings (SSSR count). The molecule has 1 N–H and O–H groups in total. The number of nitrogens with zero attached hydrogens (tertiary/aromatic N) is 2. The van der Waals surface area contributed by atoms with Gasteiger partial charge in [0.2, 0.25) is 0 Å². The summed E-state index contributed by atoms with van der Waals surface area (Å²) >= 11 is 1.39. The summed E-state index contributed by atoms with van der Waals surface area (Å²) in [5, 5.41) is 8.93. The highest BCUT2D eigenvalue weighted by Gasteiger charge is 2.26. The van der Waals surface area contributed by atoms with Crippen molar-refractivity contribution in [2.75, 3.05) is 26.2 Å². The molecule has 0 aromatic carbocycles. The van der Waals surface area contributed by atoms with Crippen LogP contribution < -0.4 is 0 Å². The van der Waals surface area contributed by atoms with Crippen LogP contribution >= 0.6 is 11.3 Å². The largest absolute Gasteiger partial charge is 0.477 e. The summed E-state index contributed by atoms with van der Waals surface area (Å²) in [7, 11) is 0. The minimum absolute atomic E-state index is 0.439. The minimum atomic E-state index is -0.821. The van der Waals surface area contributed by atoms with Crippen molar-refractivity contribution in [1.82, 2.24) is 9.80 Å². The van der Waals surface area contributed by atoms with Crippen LogP contribution in [0.5, 0.6) is 0 Å². The van der Waals surface area contributed by atoms with Crippen LogP contribution in [0, 0.1) is 0 Å². The molecule has 106 valence electrons. The van der Waals surface area contributed by atoms with Crippen LogP contribution in [0.2, 0.25) is 0 Å². The molecule has 1 saturated heterocycles. The molecule has 0 saturated carbocycles. The van der Waals surface area contributed by atoms with E-state index in [0.717, 1.165) is 37.6 Å². The molecule has 0 spiro atoms. The fourth-order valence-electron chi connectivity index (χ4n) is 2.79. The summed E-state index contributed by atoms with van der Waals surface area (Å²) in [6.45, 7) is 9.74. The molecule has 19 heavy (non-hydrogen) atoms. The number of likely N-dealkylation sites (N-methyl/N-ethyl adjacent to an activating group) is 1. The van der Waals surface area contributed by atoms with Crippen molar-refractivity contribution < 1.29 is 9.90 Å². The zero-order chi connectivity index (χ0) is 13.8. The Morgan fingerprint density at radius 3 is 2.79 bits per heavy atom. The zero-order valence-electron chi connectivity index (χ0n) is 11.6. The fourth-order valence-corrected chi connectivity index (χ4v) is 3.68. The third kappa shape index (κ3) is 3.55. The second-order valence-corrected chi connectivity index (χ2v) is 6.14. The van der Waals surface area contributed by atoms with Gasteiger partial charge in [-0.3, -0.25) is 9.80 Å². The maximum Gasteiger partial charge on any atom is 0.345 e. The lowest BCUT2D eigenvalue weighted by molar-refractivity contribution is 0.0702. The number of hydrogen-bond donors (Lipinski definition) is 1.